The predicted molar refractivity (Wildman–Crippen MR) is 90.4 cm³/mol. The van der Waals surface area contributed by atoms with Gasteiger partial charge in [0.25, 0.3) is 5.91 Å². The van der Waals surface area contributed by atoms with Crippen molar-refractivity contribution < 1.29 is 9.59 Å². The summed E-state index contributed by atoms with van der Waals surface area (Å²) in [5.74, 6) is 0.118. The summed E-state index contributed by atoms with van der Waals surface area (Å²) in [6.45, 7) is 3.19. The molecule has 23 heavy (non-hydrogen) atoms. The van der Waals surface area contributed by atoms with E-state index in [1.165, 1.54) is 0 Å². The number of carbonyl (C=O) groups is 2. The van der Waals surface area contributed by atoms with Gasteiger partial charge in [-0.1, -0.05) is 30.3 Å². The van der Waals surface area contributed by atoms with Gasteiger partial charge < -0.3 is 10.2 Å². The van der Waals surface area contributed by atoms with Gasteiger partial charge in [-0.05, 0) is 42.7 Å². The van der Waals surface area contributed by atoms with E-state index in [9.17, 15) is 9.59 Å². The summed E-state index contributed by atoms with van der Waals surface area (Å²) >= 11 is 0. The highest BCUT2D eigenvalue weighted by Crippen LogP contribution is 2.21. The van der Waals surface area contributed by atoms with Crippen molar-refractivity contribution in [1.29, 1.82) is 0 Å². The van der Waals surface area contributed by atoms with Crippen LogP contribution in [0.2, 0.25) is 0 Å². The van der Waals surface area contributed by atoms with Crippen LogP contribution in [0, 0.1) is 6.92 Å². The number of hydrogen-bond acceptors (Lipinski definition) is 2. The Morgan fingerprint density at radius 1 is 1.13 bits per heavy atom. The molecular formula is C19H20N2O2. The van der Waals surface area contributed by atoms with Gasteiger partial charge >= 0.3 is 0 Å². The molecule has 1 aliphatic heterocycles. The van der Waals surface area contributed by atoms with Crippen molar-refractivity contribution in [2.75, 3.05) is 11.4 Å². The van der Waals surface area contributed by atoms with Gasteiger partial charge in [-0.3, -0.25) is 9.59 Å². The second-order valence-corrected chi connectivity index (χ2v) is 5.81. The fourth-order valence-corrected chi connectivity index (χ4v) is 2.82. The normalized spacial score (nSPS) is 14.1. The predicted octanol–water partition coefficient (Wildman–Crippen LogP) is 3.05. The molecule has 1 aliphatic rings. The molecule has 0 radical (unpaired) electrons. The van der Waals surface area contributed by atoms with Crippen molar-refractivity contribution >= 4 is 17.5 Å². The molecule has 1 heterocycles. The molecular weight excluding hydrogens is 288 g/mol. The first-order valence-electron chi connectivity index (χ1n) is 7.88. The largest absolute Gasteiger partial charge is 0.348 e. The first kappa shape index (κ1) is 15.3. The summed E-state index contributed by atoms with van der Waals surface area (Å²) in [6, 6.07) is 15.3. The van der Waals surface area contributed by atoms with Crippen LogP contribution in [0.1, 0.15) is 34.3 Å². The van der Waals surface area contributed by atoms with E-state index in [0.717, 1.165) is 29.8 Å². The van der Waals surface area contributed by atoms with Gasteiger partial charge in [0.1, 0.15) is 0 Å². The van der Waals surface area contributed by atoms with Gasteiger partial charge in [-0.25, -0.2) is 0 Å². The maximum absolute atomic E-state index is 12.2. The van der Waals surface area contributed by atoms with Gasteiger partial charge in [0.15, 0.2) is 0 Å². The lowest BCUT2D eigenvalue weighted by molar-refractivity contribution is -0.117. The standard InChI is InChI=1S/C19H20N2O2/c1-14-5-2-3-6-17(14)19(23)20-13-15-8-10-16(11-9-15)21-12-4-7-18(21)22/h2-3,5-6,8-11H,4,7,12-13H2,1H3,(H,20,23). The third-order valence-electron chi connectivity index (χ3n) is 4.16. The topological polar surface area (TPSA) is 49.4 Å². The minimum Gasteiger partial charge on any atom is -0.348 e. The maximum atomic E-state index is 12.2. The number of nitrogens with one attached hydrogen (secondary N) is 1. The smallest absolute Gasteiger partial charge is 0.251 e. The highest BCUT2D eigenvalue weighted by molar-refractivity contribution is 5.96. The summed E-state index contributed by atoms with van der Waals surface area (Å²) in [6.07, 6.45) is 1.56. The van der Waals surface area contributed by atoms with Gasteiger partial charge in [0, 0.05) is 30.8 Å². The summed E-state index contributed by atoms with van der Waals surface area (Å²) in [5, 5.41) is 2.93. The van der Waals surface area contributed by atoms with Gasteiger partial charge in [-0.15, -0.1) is 0 Å². The third-order valence-corrected chi connectivity index (χ3v) is 4.16. The Hall–Kier alpha value is -2.62. The molecule has 118 valence electrons. The molecule has 0 spiro atoms. The summed E-state index contributed by atoms with van der Waals surface area (Å²) < 4.78 is 0. The van der Waals surface area contributed by atoms with Crippen LogP contribution in [-0.2, 0) is 11.3 Å². The van der Waals surface area contributed by atoms with E-state index in [4.69, 9.17) is 0 Å². The molecule has 0 atom stereocenters. The number of aryl methyl sites for hydroxylation is 1. The van der Waals surface area contributed by atoms with Gasteiger partial charge in [0.05, 0.1) is 0 Å². The van der Waals surface area contributed by atoms with Crippen LogP contribution in [0.4, 0.5) is 5.69 Å². The molecule has 2 aromatic carbocycles. The fraction of sp³-hybridized carbons (Fsp3) is 0.263. The fourth-order valence-electron chi connectivity index (χ4n) is 2.82. The monoisotopic (exact) mass is 308 g/mol. The van der Waals surface area contributed by atoms with Crippen LogP contribution >= 0.6 is 0 Å². The molecule has 2 aromatic rings. The molecule has 3 rings (SSSR count). The van der Waals surface area contributed by atoms with Crippen LogP contribution in [-0.4, -0.2) is 18.4 Å². The Balaban J connectivity index is 1.62. The Morgan fingerprint density at radius 2 is 1.87 bits per heavy atom. The van der Waals surface area contributed by atoms with Crippen molar-refractivity contribution in [3.63, 3.8) is 0 Å². The van der Waals surface area contributed by atoms with Gasteiger partial charge in [-0.2, -0.15) is 0 Å². The number of carbonyl (C=O) groups excluding carboxylic acids is 2. The first-order chi connectivity index (χ1) is 11.1. The van der Waals surface area contributed by atoms with E-state index < -0.39 is 0 Å². The molecule has 0 aromatic heterocycles. The molecule has 1 fully saturated rings. The zero-order chi connectivity index (χ0) is 16.2. The SMILES string of the molecule is Cc1ccccc1C(=O)NCc1ccc(N2CCCC2=O)cc1. The van der Waals surface area contributed by atoms with Crippen LogP contribution in [0.25, 0.3) is 0 Å². The number of amides is 2. The molecule has 2 amide bonds. The average Bonchev–Trinajstić information content (AvgIpc) is 2.99. The van der Waals surface area contributed by atoms with Crippen LogP contribution in [0.3, 0.4) is 0 Å². The maximum Gasteiger partial charge on any atom is 0.251 e. The quantitative estimate of drug-likeness (QED) is 0.943. The summed E-state index contributed by atoms with van der Waals surface area (Å²) in [7, 11) is 0. The van der Waals surface area contributed by atoms with Crippen LogP contribution < -0.4 is 10.2 Å². The molecule has 0 unspecified atom stereocenters. The van der Waals surface area contributed by atoms with E-state index in [-0.39, 0.29) is 11.8 Å². The minimum atomic E-state index is -0.0677. The number of benzene rings is 2. The number of nitrogens with zero attached hydrogens (tertiary/aromatic N) is 1. The number of anilines is 1. The highest BCUT2D eigenvalue weighted by atomic mass is 16.2. The van der Waals surface area contributed by atoms with E-state index in [0.29, 0.717) is 18.5 Å². The van der Waals surface area contributed by atoms with Crippen LogP contribution in [0.15, 0.2) is 48.5 Å². The average molecular weight is 308 g/mol. The summed E-state index contributed by atoms with van der Waals surface area (Å²) in [5.41, 5.74) is 3.61. The second kappa shape index (κ2) is 6.65. The Labute approximate surface area is 136 Å². The summed E-state index contributed by atoms with van der Waals surface area (Å²) in [4.78, 5) is 25.7. The number of hydrogen-bond donors (Lipinski definition) is 1. The van der Waals surface area contributed by atoms with E-state index in [1.807, 2.05) is 60.4 Å². The van der Waals surface area contributed by atoms with Crippen LogP contribution in [0.5, 0.6) is 0 Å². The molecule has 1 saturated heterocycles. The van der Waals surface area contributed by atoms with Gasteiger partial charge in [0.2, 0.25) is 5.91 Å². The highest BCUT2D eigenvalue weighted by Gasteiger charge is 2.21. The van der Waals surface area contributed by atoms with E-state index in [2.05, 4.69) is 5.32 Å². The van der Waals surface area contributed by atoms with E-state index >= 15 is 0 Å². The molecule has 4 nitrogen and oxygen atoms in total. The zero-order valence-electron chi connectivity index (χ0n) is 13.2. The third kappa shape index (κ3) is 3.42. The molecule has 0 saturated carbocycles. The van der Waals surface area contributed by atoms with E-state index in [1.54, 1.807) is 0 Å². The van der Waals surface area contributed by atoms with Crippen molar-refractivity contribution in [2.45, 2.75) is 26.3 Å². The lowest BCUT2D eigenvalue weighted by atomic mass is 10.1. The minimum absolute atomic E-state index is 0.0677. The molecule has 4 heteroatoms. The molecule has 0 bridgehead atoms. The lowest BCUT2D eigenvalue weighted by Crippen LogP contribution is -2.24. The first-order valence-corrected chi connectivity index (χ1v) is 7.88. The Kier molecular flexibility index (Phi) is 4.42. The van der Waals surface area contributed by atoms with Crippen molar-refractivity contribution in [1.82, 2.24) is 5.32 Å². The lowest BCUT2D eigenvalue weighted by Gasteiger charge is -2.16. The Morgan fingerprint density at radius 3 is 2.52 bits per heavy atom. The number of rotatable bonds is 4. The Bertz CT molecular complexity index is 722. The second-order valence-electron chi connectivity index (χ2n) is 5.81. The van der Waals surface area contributed by atoms with Crippen molar-refractivity contribution in [3.8, 4) is 0 Å². The van der Waals surface area contributed by atoms with Crippen molar-refractivity contribution in [2.24, 2.45) is 0 Å². The van der Waals surface area contributed by atoms with Crippen molar-refractivity contribution in [3.05, 3.63) is 65.2 Å². The molecule has 1 N–H and O–H groups in total. The zero-order valence-corrected chi connectivity index (χ0v) is 13.2. The molecule has 0 aliphatic carbocycles.